The maximum absolute atomic E-state index is 12.1. The molecule has 1 aliphatic carbocycles. The molecule has 0 aromatic rings. The average Bonchev–Trinajstić information content (AvgIpc) is 3.06. The summed E-state index contributed by atoms with van der Waals surface area (Å²) in [5.74, 6) is 1.68. The number of nitrogens with two attached hydrogens (primary N) is 1. The number of carbonyl (C=O) groups excluding carboxylic acids is 1. The molecule has 2 aliphatic rings. The molecule has 1 heterocycles. The van der Waals surface area contributed by atoms with Crippen LogP contribution in [0.25, 0.3) is 0 Å². The highest BCUT2D eigenvalue weighted by molar-refractivity contribution is 5.86. The zero-order valence-electron chi connectivity index (χ0n) is 12.8. The Hall–Kier alpha value is -0.610. The third-order valence-electron chi connectivity index (χ3n) is 4.80. The van der Waals surface area contributed by atoms with Crippen molar-refractivity contribution in [2.75, 3.05) is 19.6 Å². The number of hydrogen-bond acceptors (Lipinski definition) is 3. The second-order valence-corrected chi connectivity index (χ2v) is 7.06. The maximum atomic E-state index is 12.1. The molecule has 110 valence electrons. The van der Waals surface area contributed by atoms with Crippen molar-refractivity contribution in [3.63, 3.8) is 0 Å². The van der Waals surface area contributed by atoms with Crippen LogP contribution in [-0.2, 0) is 4.79 Å². The summed E-state index contributed by atoms with van der Waals surface area (Å²) in [5.41, 5.74) is 5.26. The monoisotopic (exact) mass is 267 g/mol. The Kier molecular flexibility index (Phi) is 4.21. The summed E-state index contributed by atoms with van der Waals surface area (Å²) >= 11 is 0. The minimum Gasteiger partial charge on any atom is -0.368 e. The second-order valence-electron chi connectivity index (χ2n) is 7.06. The highest BCUT2D eigenvalue weighted by atomic mass is 16.1. The van der Waals surface area contributed by atoms with Crippen LogP contribution in [0.3, 0.4) is 0 Å². The number of nitrogens with one attached hydrogen (secondary N) is 1. The fourth-order valence-corrected chi connectivity index (χ4v) is 3.46. The molecule has 1 aliphatic heterocycles. The van der Waals surface area contributed by atoms with Gasteiger partial charge in [0.05, 0.1) is 0 Å². The van der Waals surface area contributed by atoms with Gasteiger partial charge in [-0.15, -0.1) is 0 Å². The largest absolute Gasteiger partial charge is 0.368 e. The van der Waals surface area contributed by atoms with E-state index in [9.17, 15) is 4.79 Å². The lowest BCUT2D eigenvalue weighted by atomic mass is 9.90. The Labute approximate surface area is 117 Å². The van der Waals surface area contributed by atoms with Gasteiger partial charge in [-0.3, -0.25) is 10.1 Å². The fourth-order valence-electron chi connectivity index (χ4n) is 3.46. The quantitative estimate of drug-likeness (QED) is 0.760. The zero-order chi connectivity index (χ0) is 14.2. The van der Waals surface area contributed by atoms with Gasteiger partial charge in [0, 0.05) is 25.7 Å². The van der Waals surface area contributed by atoms with Gasteiger partial charge in [0.15, 0.2) is 0 Å². The predicted octanol–water partition coefficient (Wildman–Crippen LogP) is 1.21. The molecule has 0 bridgehead atoms. The van der Waals surface area contributed by atoms with Crippen LogP contribution in [0.4, 0.5) is 0 Å². The van der Waals surface area contributed by atoms with Gasteiger partial charge in [-0.2, -0.15) is 0 Å². The van der Waals surface area contributed by atoms with Crippen LogP contribution in [0.2, 0.25) is 0 Å². The Bertz CT molecular complexity index is 330. The van der Waals surface area contributed by atoms with E-state index in [1.54, 1.807) is 0 Å². The second kappa shape index (κ2) is 5.41. The molecule has 3 N–H and O–H groups in total. The van der Waals surface area contributed by atoms with Crippen LogP contribution in [0, 0.1) is 17.8 Å². The number of rotatable bonds is 6. The van der Waals surface area contributed by atoms with Gasteiger partial charge in [0.2, 0.25) is 5.91 Å². The van der Waals surface area contributed by atoms with Crippen LogP contribution in [0.15, 0.2) is 0 Å². The van der Waals surface area contributed by atoms with E-state index in [1.165, 1.54) is 0 Å². The van der Waals surface area contributed by atoms with Crippen LogP contribution in [0.5, 0.6) is 0 Å². The number of hydrogen-bond donors (Lipinski definition) is 2. The van der Waals surface area contributed by atoms with Crippen molar-refractivity contribution in [2.24, 2.45) is 23.5 Å². The van der Waals surface area contributed by atoms with Gasteiger partial charge in [0.25, 0.3) is 0 Å². The summed E-state index contributed by atoms with van der Waals surface area (Å²) in [6.07, 6.45) is 2.25. The van der Waals surface area contributed by atoms with E-state index >= 15 is 0 Å². The first-order valence-corrected chi connectivity index (χ1v) is 7.65. The number of amides is 1. The number of carbonyl (C=O) groups is 1. The maximum Gasteiger partial charge on any atom is 0.239 e. The molecule has 0 spiro atoms. The molecule has 1 saturated heterocycles. The molecule has 2 rings (SSSR count). The van der Waals surface area contributed by atoms with Crippen molar-refractivity contribution < 1.29 is 4.79 Å². The summed E-state index contributed by atoms with van der Waals surface area (Å²) in [7, 11) is 0. The van der Waals surface area contributed by atoms with Gasteiger partial charge in [-0.1, -0.05) is 13.8 Å². The average molecular weight is 267 g/mol. The molecule has 3 unspecified atom stereocenters. The molecular formula is C15H29N3O. The van der Waals surface area contributed by atoms with Crippen LogP contribution in [0.1, 0.15) is 40.5 Å². The Balaban J connectivity index is 2.11. The normalized spacial score (nSPS) is 31.6. The molecule has 1 saturated carbocycles. The third kappa shape index (κ3) is 3.11. The first kappa shape index (κ1) is 14.8. The van der Waals surface area contributed by atoms with E-state index < -0.39 is 5.54 Å². The zero-order valence-corrected chi connectivity index (χ0v) is 12.8. The van der Waals surface area contributed by atoms with E-state index in [0.29, 0.717) is 17.8 Å². The molecule has 4 heteroatoms. The van der Waals surface area contributed by atoms with E-state index in [-0.39, 0.29) is 11.9 Å². The van der Waals surface area contributed by atoms with Crippen molar-refractivity contribution in [3.8, 4) is 0 Å². The van der Waals surface area contributed by atoms with Crippen molar-refractivity contribution in [1.82, 2.24) is 10.2 Å². The number of nitrogens with zero attached hydrogens (tertiary/aromatic N) is 1. The third-order valence-corrected chi connectivity index (χ3v) is 4.80. The molecule has 19 heavy (non-hydrogen) atoms. The molecule has 1 amide bonds. The Morgan fingerprint density at radius 2 is 1.84 bits per heavy atom. The lowest BCUT2D eigenvalue weighted by Crippen LogP contribution is -2.64. The van der Waals surface area contributed by atoms with E-state index in [2.05, 4.69) is 37.9 Å². The minimum absolute atomic E-state index is 0.170. The van der Waals surface area contributed by atoms with E-state index in [4.69, 9.17) is 5.73 Å². The molecule has 3 atom stereocenters. The molecule has 0 radical (unpaired) electrons. The summed E-state index contributed by atoms with van der Waals surface area (Å²) in [6, 6.07) is 0.283. The Morgan fingerprint density at radius 3 is 2.21 bits per heavy atom. The topological polar surface area (TPSA) is 58.4 Å². The lowest BCUT2D eigenvalue weighted by Gasteiger charge is -2.37. The van der Waals surface area contributed by atoms with Gasteiger partial charge in [-0.25, -0.2) is 0 Å². The highest BCUT2D eigenvalue weighted by Crippen LogP contribution is 2.41. The van der Waals surface area contributed by atoms with Crippen LogP contribution >= 0.6 is 0 Å². The number of likely N-dealkylation sites (tertiary alicyclic amines) is 1. The first-order chi connectivity index (χ1) is 8.85. The van der Waals surface area contributed by atoms with Gasteiger partial charge < -0.3 is 10.6 Å². The molecule has 2 fully saturated rings. The van der Waals surface area contributed by atoms with Gasteiger partial charge in [-0.05, 0) is 44.4 Å². The smallest absolute Gasteiger partial charge is 0.239 e. The molecule has 0 aromatic carbocycles. The summed E-state index contributed by atoms with van der Waals surface area (Å²) in [4.78, 5) is 14.5. The standard InChI is InChI=1S/C15H29N3O/c1-10(2)17-15(14(16)19,13-5-6-13)9-18-7-11(3)12(4)8-18/h10-13,17H,5-9H2,1-4H3,(H2,16,19). The lowest BCUT2D eigenvalue weighted by molar-refractivity contribution is -0.126. The molecular weight excluding hydrogens is 238 g/mol. The SMILES string of the molecule is CC(C)NC(CN1CC(C)C(C)C1)(C(N)=O)C1CC1. The summed E-state index contributed by atoms with van der Waals surface area (Å²) in [5, 5.41) is 3.50. The number of primary amides is 1. The molecule has 4 nitrogen and oxygen atoms in total. The van der Waals surface area contributed by atoms with Crippen LogP contribution in [-0.4, -0.2) is 42.0 Å². The summed E-state index contributed by atoms with van der Waals surface area (Å²) in [6.45, 7) is 11.7. The molecule has 0 aromatic heterocycles. The Morgan fingerprint density at radius 1 is 1.32 bits per heavy atom. The fraction of sp³-hybridized carbons (Fsp3) is 0.933. The van der Waals surface area contributed by atoms with E-state index in [1.807, 2.05) is 0 Å². The predicted molar refractivity (Wildman–Crippen MR) is 77.7 cm³/mol. The summed E-state index contributed by atoms with van der Waals surface area (Å²) < 4.78 is 0. The van der Waals surface area contributed by atoms with E-state index in [0.717, 1.165) is 32.5 Å². The van der Waals surface area contributed by atoms with Crippen molar-refractivity contribution in [2.45, 2.75) is 52.1 Å². The minimum atomic E-state index is -0.516. The first-order valence-electron chi connectivity index (χ1n) is 7.65. The van der Waals surface area contributed by atoms with Gasteiger partial charge >= 0.3 is 0 Å². The van der Waals surface area contributed by atoms with Crippen molar-refractivity contribution in [1.29, 1.82) is 0 Å². The van der Waals surface area contributed by atoms with Crippen molar-refractivity contribution >= 4 is 5.91 Å². The highest BCUT2D eigenvalue weighted by Gasteiger charge is 2.51. The van der Waals surface area contributed by atoms with Gasteiger partial charge in [0.1, 0.15) is 5.54 Å². The van der Waals surface area contributed by atoms with Crippen molar-refractivity contribution in [3.05, 3.63) is 0 Å². The van der Waals surface area contributed by atoms with Crippen LogP contribution < -0.4 is 11.1 Å².